The first-order chi connectivity index (χ1) is 8.56. The zero-order valence-corrected chi connectivity index (χ0v) is 11.8. The van der Waals surface area contributed by atoms with Gasteiger partial charge >= 0.3 is 0 Å². The molecule has 0 aliphatic heterocycles. The monoisotopic (exact) mass is 284 g/mol. The van der Waals surface area contributed by atoms with Gasteiger partial charge in [-0.1, -0.05) is 25.4 Å². The van der Waals surface area contributed by atoms with Crippen molar-refractivity contribution in [1.29, 1.82) is 0 Å². The Kier molecular flexibility index (Phi) is 4.19. The summed E-state index contributed by atoms with van der Waals surface area (Å²) in [6.07, 6.45) is 0. The Morgan fingerprint density at radius 2 is 2.22 bits per heavy atom. The molecular formula is C13H14ClFN2S. The number of nitrogens with one attached hydrogen (secondary N) is 1. The highest BCUT2D eigenvalue weighted by Crippen LogP contribution is 2.28. The lowest BCUT2D eigenvalue weighted by molar-refractivity contribution is 0.628. The van der Waals surface area contributed by atoms with Crippen LogP contribution in [0.3, 0.4) is 0 Å². The van der Waals surface area contributed by atoms with Gasteiger partial charge in [-0.3, -0.25) is 0 Å². The topological polar surface area (TPSA) is 24.9 Å². The molecule has 0 bridgehead atoms. The largest absolute Gasteiger partial charge is 0.361 e. The third kappa shape index (κ3) is 3.21. The van der Waals surface area contributed by atoms with Crippen LogP contribution in [0.15, 0.2) is 23.6 Å². The third-order valence-corrected chi connectivity index (χ3v) is 3.47. The first kappa shape index (κ1) is 13.3. The normalized spacial score (nSPS) is 10.9. The van der Waals surface area contributed by atoms with E-state index in [0.717, 1.165) is 22.9 Å². The standard InChI is InChI=1S/C13H14ClFN2S/c1-8(2)6-16-13-17-12(7-18-13)9-3-4-11(15)10(14)5-9/h3-5,7-8H,6H2,1-2H3,(H,16,17). The molecule has 96 valence electrons. The van der Waals surface area contributed by atoms with Gasteiger partial charge in [0.2, 0.25) is 0 Å². The number of anilines is 1. The van der Waals surface area contributed by atoms with E-state index in [1.54, 1.807) is 12.1 Å². The molecule has 1 aromatic heterocycles. The second kappa shape index (κ2) is 5.67. The Hall–Kier alpha value is -1.13. The molecule has 1 N–H and O–H groups in total. The highest BCUT2D eigenvalue weighted by molar-refractivity contribution is 7.14. The van der Waals surface area contributed by atoms with Crippen molar-refractivity contribution in [2.75, 3.05) is 11.9 Å². The molecule has 5 heteroatoms. The van der Waals surface area contributed by atoms with E-state index in [9.17, 15) is 4.39 Å². The van der Waals surface area contributed by atoms with Gasteiger partial charge in [-0.25, -0.2) is 9.37 Å². The van der Waals surface area contributed by atoms with Crippen molar-refractivity contribution in [3.8, 4) is 11.3 Å². The van der Waals surface area contributed by atoms with Crippen molar-refractivity contribution in [3.05, 3.63) is 34.4 Å². The van der Waals surface area contributed by atoms with Gasteiger partial charge in [0.05, 0.1) is 10.7 Å². The first-order valence-corrected chi connectivity index (χ1v) is 6.97. The maximum Gasteiger partial charge on any atom is 0.183 e. The average Bonchev–Trinajstić information content (AvgIpc) is 2.79. The number of halogens is 2. The van der Waals surface area contributed by atoms with E-state index in [0.29, 0.717) is 5.92 Å². The zero-order chi connectivity index (χ0) is 13.1. The molecule has 1 heterocycles. The predicted octanol–water partition coefficient (Wildman–Crippen LogP) is 4.67. The van der Waals surface area contributed by atoms with Crippen molar-refractivity contribution < 1.29 is 4.39 Å². The highest BCUT2D eigenvalue weighted by atomic mass is 35.5. The first-order valence-electron chi connectivity index (χ1n) is 5.71. The van der Waals surface area contributed by atoms with Crippen molar-refractivity contribution in [2.24, 2.45) is 5.92 Å². The third-order valence-electron chi connectivity index (χ3n) is 2.38. The molecule has 2 rings (SSSR count). The van der Waals surface area contributed by atoms with Gasteiger partial charge in [0.15, 0.2) is 5.13 Å². The van der Waals surface area contributed by atoms with Crippen LogP contribution in [0, 0.1) is 11.7 Å². The van der Waals surface area contributed by atoms with Gasteiger partial charge < -0.3 is 5.32 Å². The molecule has 1 aromatic carbocycles. The second-order valence-electron chi connectivity index (χ2n) is 4.44. The van der Waals surface area contributed by atoms with Crippen LogP contribution in [-0.2, 0) is 0 Å². The lowest BCUT2D eigenvalue weighted by Crippen LogP contribution is -2.07. The Morgan fingerprint density at radius 3 is 2.89 bits per heavy atom. The molecule has 0 saturated heterocycles. The van der Waals surface area contributed by atoms with E-state index >= 15 is 0 Å². The summed E-state index contributed by atoms with van der Waals surface area (Å²) in [6.45, 7) is 5.17. The minimum atomic E-state index is -0.409. The summed E-state index contributed by atoms with van der Waals surface area (Å²) < 4.78 is 13.1. The molecule has 0 amide bonds. The van der Waals surface area contributed by atoms with Crippen LogP contribution < -0.4 is 5.32 Å². The SMILES string of the molecule is CC(C)CNc1nc(-c2ccc(F)c(Cl)c2)cs1. The lowest BCUT2D eigenvalue weighted by Gasteiger charge is -2.04. The van der Waals surface area contributed by atoms with Crippen LogP contribution in [0.5, 0.6) is 0 Å². The molecule has 0 spiro atoms. The van der Waals surface area contributed by atoms with Crippen molar-refractivity contribution >= 4 is 28.1 Å². The minimum absolute atomic E-state index is 0.122. The summed E-state index contributed by atoms with van der Waals surface area (Å²) in [5, 5.41) is 6.19. The maximum atomic E-state index is 13.1. The molecule has 0 unspecified atom stereocenters. The quantitative estimate of drug-likeness (QED) is 0.882. The summed E-state index contributed by atoms with van der Waals surface area (Å²) >= 11 is 7.30. The smallest absolute Gasteiger partial charge is 0.183 e. The molecule has 0 fully saturated rings. The molecule has 2 aromatic rings. The van der Waals surface area contributed by atoms with Crippen LogP contribution in [0.2, 0.25) is 5.02 Å². The summed E-state index contributed by atoms with van der Waals surface area (Å²) in [7, 11) is 0. The van der Waals surface area contributed by atoms with Crippen molar-refractivity contribution in [3.63, 3.8) is 0 Å². The Labute approximate surface area is 115 Å². The molecule has 0 aliphatic carbocycles. The molecule has 2 nitrogen and oxygen atoms in total. The second-order valence-corrected chi connectivity index (χ2v) is 5.71. The van der Waals surface area contributed by atoms with Crippen LogP contribution in [0.1, 0.15) is 13.8 Å². The van der Waals surface area contributed by atoms with Crippen LogP contribution in [0.25, 0.3) is 11.3 Å². The van der Waals surface area contributed by atoms with E-state index in [4.69, 9.17) is 11.6 Å². The minimum Gasteiger partial charge on any atom is -0.361 e. The molecule has 18 heavy (non-hydrogen) atoms. The Bertz CT molecular complexity index is 540. The van der Waals surface area contributed by atoms with Gasteiger partial charge in [-0.2, -0.15) is 0 Å². The number of rotatable bonds is 4. The average molecular weight is 285 g/mol. The van der Waals surface area contributed by atoms with Gasteiger partial charge in [0.1, 0.15) is 5.82 Å². The number of hydrogen-bond donors (Lipinski definition) is 1. The van der Waals surface area contributed by atoms with Gasteiger partial charge in [0, 0.05) is 17.5 Å². The van der Waals surface area contributed by atoms with Crippen LogP contribution in [-0.4, -0.2) is 11.5 Å². The number of hydrogen-bond acceptors (Lipinski definition) is 3. The molecule has 0 atom stereocenters. The van der Waals surface area contributed by atoms with E-state index in [1.807, 2.05) is 5.38 Å². The number of benzene rings is 1. The Balaban J connectivity index is 2.16. The zero-order valence-electron chi connectivity index (χ0n) is 10.2. The fourth-order valence-corrected chi connectivity index (χ4v) is 2.34. The van der Waals surface area contributed by atoms with E-state index in [1.165, 1.54) is 17.4 Å². The summed E-state index contributed by atoms with van der Waals surface area (Å²) in [6, 6.07) is 4.64. The van der Waals surface area contributed by atoms with Crippen molar-refractivity contribution in [2.45, 2.75) is 13.8 Å². The van der Waals surface area contributed by atoms with E-state index < -0.39 is 5.82 Å². The highest BCUT2D eigenvalue weighted by Gasteiger charge is 2.07. The van der Waals surface area contributed by atoms with E-state index in [2.05, 4.69) is 24.1 Å². The summed E-state index contributed by atoms with van der Waals surface area (Å²) in [4.78, 5) is 4.45. The molecule has 0 aliphatic rings. The summed E-state index contributed by atoms with van der Waals surface area (Å²) in [5.74, 6) is 0.159. The van der Waals surface area contributed by atoms with Crippen molar-refractivity contribution in [1.82, 2.24) is 4.98 Å². The fourth-order valence-electron chi connectivity index (χ4n) is 1.43. The lowest BCUT2D eigenvalue weighted by atomic mass is 10.2. The molecular weight excluding hydrogens is 271 g/mol. The number of aromatic nitrogens is 1. The predicted molar refractivity (Wildman–Crippen MR) is 75.8 cm³/mol. The van der Waals surface area contributed by atoms with Crippen LogP contribution >= 0.6 is 22.9 Å². The number of thiazole rings is 1. The Morgan fingerprint density at radius 1 is 1.44 bits per heavy atom. The summed E-state index contributed by atoms with van der Waals surface area (Å²) in [5.41, 5.74) is 1.64. The fraction of sp³-hybridized carbons (Fsp3) is 0.308. The number of nitrogens with zero attached hydrogens (tertiary/aromatic N) is 1. The van der Waals surface area contributed by atoms with Gasteiger partial charge in [0.25, 0.3) is 0 Å². The maximum absolute atomic E-state index is 13.1. The van der Waals surface area contributed by atoms with Gasteiger partial charge in [-0.15, -0.1) is 11.3 Å². The molecule has 0 saturated carbocycles. The van der Waals surface area contributed by atoms with E-state index in [-0.39, 0.29) is 5.02 Å². The molecule has 0 radical (unpaired) electrons. The van der Waals surface area contributed by atoms with Gasteiger partial charge in [-0.05, 0) is 24.1 Å². The van der Waals surface area contributed by atoms with Crippen LogP contribution in [0.4, 0.5) is 9.52 Å².